The summed E-state index contributed by atoms with van der Waals surface area (Å²) in [5.41, 5.74) is 5.95. The topological polar surface area (TPSA) is 55.8 Å². The van der Waals surface area contributed by atoms with E-state index in [0.29, 0.717) is 23.8 Å². The molecule has 3 aromatic carbocycles. The van der Waals surface area contributed by atoms with Crippen molar-refractivity contribution in [1.82, 2.24) is 0 Å². The molecule has 2 saturated carbocycles. The number of carboxylic acid groups (broad SMARTS) is 1. The number of halogens is 1. The number of rotatable bonds is 7. The minimum Gasteiger partial charge on any atom is -0.497 e. The van der Waals surface area contributed by atoms with Crippen molar-refractivity contribution in [2.75, 3.05) is 7.11 Å². The molecule has 39 heavy (non-hydrogen) atoms. The second-order valence-electron chi connectivity index (χ2n) is 12.5. The number of aliphatic carboxylic acids is 1. The Kier molecular flexibility index (Phi) is 6.24. The smallest absolute Gasteiger partial charge is 0.307 e. The van der Waals surface area contributed by atoms with Crippen molar-refractivity contribution in [3.05, 3.63) is 82.7 Å². The summed E-state index contributed by atoms with van der Waals surface area (Å²) in [5.74, 6) is 0.616. The molecule has 6 rings (SSSR count). The molecule has 4 atom stereocenters. The summed E-state index contributed by atoms with van der Waals surface area (Å²) in [6, 6.07) is 17.3. The van der Waals surface area contributed by atoms with Crippen LogP contribution in [0.5, 0.6) is 11.5 Å². The third-order valence-corrected chi connectivity index (χ3v) is 10.0. The molecule has 0 amide bonds. The first-order valence-electron chi connectivity index (χ1n) is 14.1. The van der Waals surface area contributed by atoms with Crippen LogP contribution in [0.3, 0.4) is 0 Å². The molecule has 0 heterocycles. The van der Waals surface area contributed by atoms with Gasteiger partial charge in [-0.15, -0.1) is 0 Å². The van der Waals surface area contributed by atoms with Crippen LogP contribution < -0.4 is 9.47 Å². The van der Waals surface area contributed by atoms with Crippen LogP contribution in [0.15, 0.2) is 54.6 Å². The van der Waals surface area contributed by atoms with Crippen molar-refractivity contribution in [3.63, 3.8) is 0 Å². The molecule has 0 bridgehead atoms. The number of benzene rings is 3. The van der Waals surface area contributed by atoms with Crippen molar-refractivity contribution >= 4 is 5.97 Å². The minimum absolute atomic E-state index is 0.125. The second kappa shape index (κ2) is 9.39. The SMILES string of the molecule is COc1ccc(F)c(-c2ccc(COc3ccc4c(c3)[C@]3(CC4)[C@@H](C)[C@@H]3C(=O)O)cc2[C@H]2CCCC2(C)C)c1. The Morgan fingerprint density at radius 3 is 2.51 bits per heavy atom. The Morgan fingerprint density at radius 2 is 1.82 bits per heavy atom. The van der Waals surface area contributed by atoms with Gasteiger partial charge in [0, 0.05) is 11.0 Å². The maximum atomic E-state index is 15.1. The highest BCUT2D eigenvalue weighted by Crippen LogP contribution is 2.66. The molecule has 1 N–H and O–H groups in total. The normalized spacial score (nSPS) is 26.4. The zero-order valence-corrected chi connectivity index (χ0v) is 23.2. The monoisotopic (exact) mass is 528 g/mol. The van der Waals surface area contributed by atoms with Crippen molar-refractivity contribution in [2.45, 2.75) is 70.8 Å². The predicted molar refractivity (Wildman–Crippen MR) is 150 cm³/mol. The first kappa shape index (κ1) is 25.9. The fraction of sp³-hybridized carbons (Fsp3) is 0.441. The largest absolute Gasteiger partial charge is 0.497 e. The van der Waals surface area contributed by atoms with E-state index in [0.717, 1.165) is 60.1 Å². The lowest BCUT2D eigenvalue weighted by Gasteiger charge is -2.30. The van der Waals surface area contributed by atoms with Crippen LogP contribution in [0.2, 0.25) is 0 Å². The summed E-state index contributed by atoms with van der Waals surface area (Å²) < 4.78 is 26.8. The van der Waals surface area contributed by atoms with Gasteiger partial charge in [0.1, 0.15) is 23.9 Å². The van der Waals surface area contributed by atoms with Gasteiger partial charge in [-0.25, -0.2) is 4.39 Å². The number of methoxy groups -OCH3 is 1. The van der Waals surface area contributed by atoms with Crippen molar-refractivity contribution < 1.29 is 23.8 Å². The first-order valence-corrected chi connectivity index (χ1v) is 14.1. The van der Waals surface area contributed by atoms with Crippen LogP contribution >= 0.6 is 0 Å². The zero-order valence-electron chi connectivity index (χ0n) is 23.2. The third kappa shape index (κ3) is 4.21. The molecule has 4 nitrogen and oxygen atoms in total. The highest BCUT2D eigenvalue weighted by Gasteiger charge is 2.68. The van der Waals surface area contributed by atoms with Gasteiger partial charge in [-0.2, -0.15) is 0 Å². The fourth-order valence-electron chi connectivity index (χ4n) is 7.78. The molecular weight excluding hydrogens is 491 g/mol. The van der Waals surface area contributed by atoms with Crippen LogP contribution in [-0.2, 0) is 23.2 Å². The fourth-order valence-corrected chi connectivity index (χ4v) is 7.78. The highest BCUT2D eigenvalue weighted by molar-refractivity contribution is 5.79. The van der Waals surface area contributed by atoms with Crippen LogP contribution in [0.1, 0.15) is 74.6 Å². The first-order chi connectivity index (χ1) is 18.7. The summed E-state index contributed by atoms with van der Waals surface area (Å²) in [6.07, 6.45) is 5.20. The Hall–Kier alpha value is -3.34. The molecule has 0 aromatic heterocycles. The molecule has 1 spiro atoms. The summed E-state index contributed by atoms with van der Waals surface area (Å²) >= 11 is 0. The van der Waals surface area contributed by atoms with E-state index in [1.807, 2.05) is 18.2 Å². The van der Waals surface area contributed by atoms with Crippen LogP contribution in [-0.4, -0.2) is 18.2 Å². The van der Waals surface area contributed by atoms with Gasteiger partial charge in [-0.3, -0.25) is 4.79 Å². The Morgan fingerprint density at radius 1 is 1.03 bits per heavy atom. The van der Waals surface area contributed by atoms with E-state index < -0.39 is 5.97 Å². The van der Waals surface area contributed by atoms with Crippen molar-refractivity contribution in [1.29, 1.82) is 0 Å². The van der Waals surface area contributed by atoms with E-state index in [1.54, 1.807) is 19.2 Å². The number of hydrogen-bond donors (Lipinski definition) is 1. The molecular formula is C34H37FO4. The van der Waals surface area contributed by atoms with Crippen LogP contribution in [0, 0.1) is 23.1 Å². The number of aryl methyl sites for hydroxylation is 1. The van der Waals surface area contributed by atoms with Crippen molar-refractivity contribution in [2.24, 2.45) is 17.3 Å². The molecule has 0 radical (unpaired) electrons. The van der Waals surface area contributed by atoms with Crippen LogP contribution in [0.25, 0.3) is 11.1 Å². The van der Waals surface area contributed by atoms with Crippen molar-refractivity contribution in [3.8, 4) is 22.6 Å². The summed E-state index contributed by atoms with van der Waals surface area (Å²) in [6.45, 7) is 7.07. The van der Waals surface area contributed by atoms with E-state index in [4.69, 9.17) is 9.47 Å². The zero-order chi connectivity index (χ0) is 27.5. The van der Waals surface area contributed by atoms with Gasteiger partial charge in [0.2, 0.25) is 0 Å². The predicted octanol–water partition coefficient (Wildman–Crippen LogP) is 7.91. The molecule has 0 aliphatic heterocycles. The van der Waals surface area contributed by atoms with Gasteiger partial charge < -0.3 is 14.6 Å². The Balaban J connectivity index is 1.31. The van der Waals surface area contributed by atoms with Gasteiger partial charge >= 0.3 is 5.97 Å². The van der Waals surface area contributed by atoms with E-state index in [-0.39, 0.29) is 28.5 Å². The summed E-state index contributed by atoms with van der Waals surface area (Å²) in [4.78, 5) is 11.9. The van der Waals surface area contributed by atoms with Gasteiger partial charge in [0.25, 0.3) is 0 Å². The van der Waals surface area contributed by atoms with Gasteiger partial charge in [0.15, 0.2) is 0 Å². The van der Waals surface area contributed by atoms with Gasteiger partial charge in [0.05, 0.1) is 13.0 Å². The molecule has 3 aliphatic rings. The maximum Gasteiger partial charge on any atom is 0.307 e. The number of hydrogen-bond acceptors (Lipinski definition) is 3. The van der Waals surface area contributed by atoms with E-state index in [2.05, 4.69) is 39.0 Å². The van der Waals surface area contributed by atoms with E-state index >= 15 is 4.39 Å². The van der Waals surface area contributed by atoms with Crippen LogP contribution in [0.4, 0.5) is 4.39 Å². The molecule has 0 unspecified atom stereocenters. The minimum atomic E-state index is -0.698. The molecule has 3 aliphatic carbocycles. The van der Waals surface area contributed by atoms with E-state index in [9.17, 15) is 9.90 Å². The third-order valence-electron chi connectivity index (χ3n) is 10.0. The molecule has 2 fully saturated rings. The lowest BCUT2D eigenvalue weighted by atomic mass is 9.75. The lowest BCUT2D eigenvalue weighted by molar-refractivity contribution is -0.139. The molecule has 3 aromatic rings. The average molecular weight is 529 g/mol. The summed E-state index contributed by atoms with van der Waals surface area (Å²) in [5, 5.41) is 9.74. The van der Waals surface area contributed by atoms with Gasteiger partial charge in [-0.05, 0) is 101 Å². The maximum absolute atomic E-state index is 15.1. The molecule has 0 saturated heterocycles. The lowest BCUT2D eigenvalue weighted by Crippen LogP contribution is -2.17. The highest BCUT2D eigenvalue weighted by atomic mass is 19.1. The second-order valence-corrected chi connectivity index (χ2v) is 12.5. The standard InChI is InChI=1S/C34H37FO4/c1-20-31(32(36)37)34(20)15-13-22-8-9-24(18-29(22)34)39-19-21-7-11-25(27-17-23(38-4)10-12-30(27)35)26(16-21)28-6-5-14-33(28,2)3/h7-12,16-18,20,28,31H,5-6,13-15,19H2,1-4H3,(H,36,37)/t20-,28+,31+,34-/m0/s1. The Bertz CT molecular complexity index is 1440. The number of fused-ring (bicyclic) bond motifs is 2. The molecule has 204 valence electrons. The summed E-state index contributed by atoms with van der Waals surface area (Å²) in [7, 11) is 1.60. The van der Waals surface area contributed by atoms with Gasteiger partial charge in [-0.1, -0.05) is 51.5 Å². The average Bonchev–Trinajstić information content (AvgIpc) is 3.15. The number of ether oxygens (including phenoxy) is 2. The molecule has 5 heteroatoms. The number of carbonyl (C=O) groups is 1. The van der Waals surface area contributed by atoms with E-state index in [1.165, 1.54) is 11.6 Å². The quantitative estimate of drug-likeness (QED) is 0.339. The number of carboxylic acids is 1. The Labute approximate surface area is 230 Å².